The lowest BCUT2D eigenvalue weighted by Gasteiger charge is -2.27. The predicted molar refractivity (Wildman–Crippen MR) is 66.8 cm³/mol. The summed E-state index contributed by atoms with van der Waals surface area (Å²) in [6.45, 7) is 1.88. The van der Waals surface area contributed by atoms with Gasteiger partial charge in [0.2, 0.25) is 0 Å². The highest BCUT2D eigenvalue weighted by atomic mass is 16.7. The molecule has 1 saturated carbocycles. The molecule has 0 radical (unpaired) electrons. The smallest absolute Gasteiger partial charge is 0.168 e. The van der Waals surface area contributed by atoms with Crippen molar-refractivity contribution in [2.24, 2.45) is 5.92 Å². The van der Waals surface area contributed by atoms with Crippen molar-refractivity contribution in [2.75, 3.05) is 19.8 Å². The van der Waals surface area contributed by atoms with E-state index in [4.69, 9.17) is 14.6 Å². The molecule has 1 aliphatic heterocycles. The molecule has 0 atom stereocenters. The Morgan fingerprint density at radius 2 is 1.59 bits per heavy atom. The molecule has 3 heteroatoms. The summed E-state index contributed by atoms with van der Waals surface area (Å²) in [5, 5.41) is 8.70. The van der Waals surface area contributed by atoms with Crippen molar-refractivity contribution in [1.82, 2.24) is 0 Å². The Labute approximate surface area is 104 Å². The molecule has 3 nitrogen and oxygen atoms in total. The molecule has 1 saturated heterocycles. The van der Waals surface area contributed by atoms with Crippen molar-refractivity contribution < 1.29 is 14.6 Å². The topological polar surface area (TPSA) is 38.7 Å². The summed E-state index contributed by atoms with van der Waals surface area (Å²) in [7, 11) is 0. The zero-order chi connectivity index (χ0) is 12.0. The summed E-state index contributed by atoms with van der Waals surface area (Å²) in [6.07, 6.45) is 10.6. The second-order valence-corrected chi connectivity index (χ2v) is 5.50. The van der Waals surface area contributed by atoms with Crippen LogP contribution in [-0.4, -0.2) is 30.7 Å². The van der Waals surface area contributed by atoms with Crippen LogP contribution in [0.2, 0.25) is 0 Å². The third-order valence-electron chi connectivity index (χ3n) is 3.83. The van der Waals surface area contributed by atoms with Crippen LogP contribution in [0.15, 0.2) is 0 Å². The van der Waals surface area contributed by atoms with Gasteiger partial charge in [0.25, 0.3) is 0 Å². The molecule has 2 aliphatic rings. The average molecular weight is 242 g/mol. The second-order valence-electron chi connectivity index (χ2n) is 5.50. The Bertz CT molecular complexity index is 208. The molecule has 1 N–H and O–H groups in total. The monoisotopic (exact) mass is 242 g/mol. The van der Waals surface area contributed by atoms with Gasteiger partial charge in [0, 0.05) is 19.4 Å². The van der Waals surface area contributed by atoms with E-state index in [1.165, 1.54) is 32.1 Å². The van der Waals surface area contributed by atoms with E-state index in [-0.39, 0.29) is 5.79 Å². The minimum absolute atomic E-state index is 0.224. The van der Waals surface area contributed by atoms with Crippen molar-refractivity contribution in [3.05, 3.63) is 0 Å². The minimum Gasteiger partial charge on any atom is -0.396 e. The number of hydrogen-bond donors (Lipinski definition) is 1. The van der Waals surface area contributed by atoms with Crippen LogP contribution in [-0.2, 0) is 9.47 Å². The Hall–Kier alpha value is -0.120. The fourth-order valence-electron chi connectivity index (χ4n) is 2.66. The molecule has 0 spiro atoms. The van der Waals surface area contributed by atoms with E-state index in [0.717, 1.165) is 44.8 Å². The maximum absolute atomic E-state index is 8.70. The van der Waals surface area contributed by atoms with Crippen molar-refractivity contribution in [2.45, 2.75) is 63.6 Å². The van der Waals surface area contributed by atoms with Crippen LogP contribution in [0.25, 0.3) is 0 Å². The molecule has 0 aromatic heterocycles. The highest BCUT2D eigenvalue weighted by Gasteiger charge is 2.41. The van der Waals surface area contributed by atoms with Gasteiger partial charge in [0.1, 0.15) is 0 Å². The maximum Gasteiger partial charge on any atom is 0.168 e. The van der Waals surface area contributed by atoms with E-state index in [1.807, 2.05) is 0 Å². The number of rotatable bonds is 9. The molecule has 0 aromatic rings. The van der Waals surface area contributed by atoms with Crippen LogP contribution in [0.3, 0.4) is 0 Å². The van der Waals surface area contributed by atoms with Crippen LogP contribution in [0.5, 0.6) is 0 Å². The Morgan fingerprint density at radius 1 is 0.941 bits per heavy atom. The maximum atomic E-state index is 8.70. The molecule has 100 valence electrons. The lowest BCUT2D eigenvalue weighted by Crippen LogP contribution is -2.30. The molecular formula is C14H26O3. The molecule has 0 amide bonds. The lowest BCUT2D eigenvalue weighted by atomic mass is 10.0. The van der Waals surface area contributed by atoms with Gasteiger partial charge in [-0.15, -0.1) is 0 Å². The van der Waals surface area contributed by atoms with Crippen molar-refractivity contribution >= 4 is 0 Å². The third kappa shape index (κ3) is 4.57. The predicted octanol–water partition coefficient (Wildman–Crippen LogP) is 2.86. The molecule has 0 bridgehead atoms. The summed E-state index contributed by atoms with van der Waals surface area (Å²) in [5.41, 5.74) is 0. The first-order valence-corrected chi connectivity index (χ1v) is 7.23. The van der Waals surface area contributed by atoms with E-state index < -0.39 is 0 Å². The first kappa shape index (κ1) is 13.3. The molecule has 2 rings (SSSR count). The van der Waals surface area contributed by atoms with Crippen molar-refractivity contribution in [3.8, 4) is 0 Å². The lowest BCUT2D eigenvalue weighted by molar-refractivity contribution is -0.170. The van der Waals surface area contributed by atoms with Gasteiger partial charge < -0.3 is 14.6 Å². The fraction of sp³-hybridized carbons (Fsp3) is 1.00. The number of unbranched alkanes of at least 4 members (excludes halogenated alkanes) is 4. The standard InChI is InChI=1S/C14H26O3/c15-9-5-3-1-2-4-8-14(12-13-6-7-13)16-10-11-17-14/h13,15H,1-12H2. The van der Waals surface area contributed by atoms with Gasteiger partial charge >= 0.3 is 0 Å². The first-order valence-electron chi connectivity index (χ1n) is 7.23. The molecular weight excluding hydrogens is 216 g/mol. The zero-order valence-electron chi connectivity index (χ0n) is 10.8. The SMILES string of the molecule is OCCCCCCCC1(CC2CC2)OCCO1. The van der Waals surface area contributed by atoms with Gasteiger partial charge in [-0.05, 0) is 31.6 Å². The van der Waals surface area contributed by atoms with Crippen molar-refractivity contribution in [3.63, 3.8) is 0 Å². The summed E-state index contributed by atoms with van der Waals surface area (Å²) in [6, 6.07) is 0. The fourth-order valence-corrected chi connectivity index (χ4v) is 2.66. The normalized spacial score (nSPS) is 23.1. The van der Waals surface area contributed by atoms with E-state index in [1.54, 1.807) is 0 Å². The summed E-state index contributed by atoms with van der Waals surface area (Å²) < 4.78 is 11.7. The molecule has 1 heterocycles. The molecule has 0 unspecified atom stereocenters. The summed E-state index contributed by atoms with van der Waals surface area (Å²) in [5.74, 6) is 0.639. The highest BCUT2D eigenvalue weighted by Crippen LogP contribution is 2.42. The first-order chi connectivity index (χ1) is 8.35. The Morgan fingerprint density at radius 3 is 2.24 bits per heavy atom. The minimum atomic E-state index is -0.224. The van der Waals surface area contributed by atoms with Gasteiger partial charge in [0.05, 0.1) is 13.2 Å². The second kappa shape index (κ2) is 6.72. The Kier molecular flexibility index (Phi) is 5.26. The molecule has 1 aliphatic carbocycles. The number of aliphatic hydroxyl groups is 1. The quantitative estimate of drug-likeness (QED) is 0.632. The van der Waals surface area contributed by atoms with E-state index in [2.05, 4.69) is 0 Å². The number of hydrogen-bond acceptors (Lipinski definition) is 3. The van der Waals surface area contributed by atoms with Crippen molar-refractivity contribution in [1.29, 1.82) is 0 Å². The third-order valence-corrected chi connectivity index (χ3v) is 3.83. The van der Waals surface area contributed by atoms with Crippen LogP contribution in [0.1, 0.15) is 57.8 Å². The summed E-state index contributed by atoms with van der Waals surface area (Å²) in [4.78, 5) is 0. The number of aliphatic hydroxyl groups excluding tert-OH is 1. The van der Waals surface area contributed by atoms with E-state index >= 15 is 0 Å². The van der Waals surface area contributed by atoms with Crippen LogP contribution in [0, 0.1) is 5.92 Å². The highest BCUT2D eigenvalue weighted by molar-refractivity contribution is 4.84. The largest absolute Gasteiger partial charge is 0.396 e. The number of ether oxygens (including phenoxy) is 2. The van der Waals surface area contributed by atoms with Gasteiger partial charge in [0.15, 0.2) is 5.79 Å². The summed E-state index contributed by atoms with van der Waals surface area (Å²) >= 11 is 0. The van der Waals surface area contributed by atoms with Gasteiger partial charge in [-0.1, -0.05) is 19.3 Å². The average Bonchev–Trinajstić information content (AvgIpc) is 3.01. The van der Waals surface area contributed by atoms with Gasteiger partial charge in [-0.25, -0.2) is 0 Å². The van der Waals surface area contributed by atoms with Crippen LogP contribution < -0.4 is 0 Å². The van der Waals surface area contributed by atoms with Gasteiger partial charge in [-0.2, -0.15) is 0 Å². The van der Waals surface area contributed by atoms with Crippen LogP contribution >= 0.6 is 0 Å². The zero-order valence-corrected chi connectivity index (χ0v) is 10.8. The molecule has 17 heavy (non-hydrogen) atoms. The van der Waals surface area contributed by atoms with E-state index in [0.29, 0.717) is 6.61 Å². The van der Waals surface area contributed by atoms with E-state index in [9.17, 15) is 0 Å². The Balaban J connectivity index is 1.60. The molecule has 2 fully saturated rings. The van der Waals surface area contributed by atoms with Crippen LogP contribution in [0.4, 0.5) is 0 Å². The van der Waals surface area contributed by atoms with Gasteiger partial charge in [-0.3, -0.25) is 0 Å². The molecule has 0 aromatic carbocycles.